The Morgan fingerprint density at radius 3 is 2.86 bits per heavy atom. The lowest BCUT2D eigenvalue weighted by Crippen LogP contribution is -2.46. The topological polar surface area (TPSA) is 41.1 Å². The fourth-order valence-electron chi connectivity index (χ4n) is 4.02. The average Bonchev–Trinajstić information content (AvgIpc) is 3.11. The van der Waals surface area contributed by atoms with Crippen molar-refractivity contribution >= 4 is 17.2 Å². The van der Waals surface area contributed by atoms with Crippen molar-refractivity contribution in [2.24, 2.45) is 5.92 Å². The van der Waals surface area contributed by atoms with Crippen LogP contribution < -0.4 is 10.6 Å². The molecule has 2 fully saturated rings. The molecule has 3 rings (SSSR count). The van der Waals surface area contributed by atoms with Crippen molar-refractivity contribution in [3.63, 3.8) is 0 Å². The molecule has 1 aliphatic carbocycles. The van der Waals surface area contributed by atoms with E-state index in [9.17, 15) is 4.79 Å². The van der Waals surface area contributed by atoms with E-state index >= 15 is 0 Å². The first-order valence-electron chi connectivity index (χ1n) is 8.84. The molecule has 4 heteroatoms. The van der Waals surface area contributed by atoms with Crippen molar-refractivity contribution in [3.8, 4) is 0 Å². The largest absolute Gasteiger partial charge is 0.355 e. The lowest BCUT2D eigenvalue weighted by molar-refractivity contribution is -0.128. The van der Waals surface area contributed by atoms with E-state index in [1.807, 2.05) is 0 Å². The van der Waals surface area contributed by atoms with Crippen LogP contribution >= 0.6 is 11.3 Å². The van der Waals surface area contributed by atoms with E-state index in [0.717, 1.165) is 44.8 Å². The number of piperidine rings is 1. The van der Waals surface area contributed by atoms with Crippen molar-refractivity contribution in [1.82, 2.24) is 10.6 Å². The van der Waals surface area contributed by atoms with Gasteiger partial charge in [-0.15, -0.1) is 11.3 Å². The Morgan fingerprint density at radius 2 is 2.18 bits per heavy atom. The second-order valence-corrected chi connectivity index (χ2v) is 7.82. The highest BCUT2D eigenvalue weighted by Crippen LogP contribution is 2.41. The molecule has 22 heavy (non-hydrogen) atoms. The van der Waals surface area contributed by atoms with Crippen molar-refractivity contribution < 1.29 is 4.79 Å². The predicted octanol–water partition coefficient (Wildman–Crippen LogP) is 3.46. The van der Waals surface area contributed by atoms with E-state index in [-0.39, 0.29) is 11.3 Å². The van der Waals surface area contributed by atoms with Gasteiger partial charge >= 0.3 is 0 Å². The zero-order valence-electron chi connectivity index (χ0n) is 13.4. The van der Waals surface area contributed by atoms with Gasteiger partial charge in [-0.1, -0.05) is 25.3 Å². The second kappa shape index (κ2) is 7.60. The van der Waals surface area contributed by atoms with Gasteiger partial charge in [-0.25, -0.2) is 0 Å². The van der Waals surface area contributed by atoms with Crippen LogP contribution in [0.15, 0.2) is 17.5 Å². The normalized spacial score (nSPS) is 24.8. The molecule has 2 heterocycles. The summed E-state index contributed by atoms with van der Waals surface area (Å²) in [7, 11) is 0. The second-order valence-electron chi connectivity index (χ2n) is 6.88. The number of carbonyl (C=O) groups is 1. The maximum Gasteiger partial charge on any atom is 0.231 e. The van der Waals surface area contributed by atoms with Gasteiger partial charge in [-0.2, -0.15) is 0 Å². The fraction of sp³-hybridized carbons (Fsp3) is 0.722. The van der Waals surface area contributed by atoms with E-state index in [4.69, 9.17) is 0 Å². The zero-order chi connectivity index (χ0) is 15.3. The zero-order valence-corrected chi connectivity index (χ0v) is 14.2. The summed E-state index contributed by atoms with van der Waals surface area (Å²) in [4.78, 5) is 14.2. The van der Waals surface area contributed by atoms with Crippen LogP contribution in [0.2, 0.25) is 0 Å². The molecule has 1 aliphatic heterocycles. The first-order valence-corrected chi connectivity index (χ1v) is 9.72. The summed E-state index contributed by atoms with van der Waals surface area (Å²) in [6.07, 6.45) is 9.36. The number of thiophene rings is 1. The maximum absolute atomic E-state index is 12.9. The molecule has 2 aliphatic rings. The van der Waals surface area contributed by atoms with Gasteiger partial charge in [0.1, 0.15) is 0 Å². The summed E-state index contributed by atoms with van der Waals surface area (Å²) in [5.74, 6) is 1.01. The minimum atomic E-state index is -0.239. The van der Waals surface area contributed by atoms with Gasteiger partial charge in [-0.05, 0) is 62.6 Å². The molecule has 1 aromatic heterocycles. The van der Waals surface area contributed by atoms with Gasteiger partial charge in [0, 0.05) is 11.4 Å². The third-order valence-electron chi connectivity index (χ3n) is 5.37. The Balaban J connectivity index is 1.58. The standard InChI is InChI=1S/C18H28N2OS/c21-17(20-12-8-15-6-4-11-19-14-15)18(9-2-1-3-10-18)16-7-5-13-22-16/h5,7,13,15,19H,1-4,6,8-12,14H2,(H,20,21). The molecular weight excluding hydrogens is 292 g/mol. The number of rotatable bonds is 5. The van der Waals surface area contributed by atoms with Crippen molar-refractivity contribution in [3.05, 3.63) is 22.4 Å². The Labute approximate surface area is 137 Å². The molecule has 0 radical (unpaired) electrons. The molecule has 3 nitrogen and oxygen atoms in total. The van der Waals surface area contributed by atoms with Gasteiger partial charge in [0.25, 0.3) is 0 Å². The minimum Gasteiger partial charge on any atom is -0.355 e. The summed E-state index contributed by atoms with van der Waals surface area (Å²) in [5, 5.41) is 8.83. The summed E-state index contributed by atoms with van der Waals surface area (Å²) >= 11 is 1.75. The molecule has 1 atom stereocenters. The van der Waals surface area contributed by atoms with Crippen molar-refractivity contribution in [2.75, 3.05) is 19.6 Å². The van der Waals surface area contributed by atoms with E-state index < -0.39 is 0 Å². The van der Waals surface area contributed by atoms with Crippen LogP contribution in [0.25, 0.3) is 0 Å². The lowest BCUT2D eigenvalue weighted by Gasteiger charge is -2.35. The van der Waals surface area contributed by atoms with Crippen LogP contribution in [0.4, 0.5) is 0 Å². The quantitative estimate of drug-likeness (QED) is 0.872. The fourth-order valence-corrected chi connectivity index (χ4v) is 5.00. The van der Waals surface area contributed by atoms with Crippen molar-refractivity contribution in [1.29, 1.82) is 0 Å². The molecule has 0 spiro atoms. The molecule has 1 amide bonds. The molecule has 1 unspecified atom stereocenters. The summed E-state index contributed by atoms with van der Waals surface area (Å²) < 4.78 is 0. The molecule has 1 saturated heterocycles. The Hall–Kier alpha value is -0.870. The molecule has 2 N–H and O–H groups in total. The van der Waals surface area contributed by atoms with Gasteiger partial charge in [0.05, 0.1) is 5.41 Å². The van der Waals surface area contributed by atoms with Crippen LogP contribution in [0, 0.1) is 5.92 Å². The van der Waals surface area contributed by atoms with Crippen LogP contribution in [0.3, 0.4) is 0 Å². The van der Waals surface area contributed by atoms with Crippen LogP contribution in [-0.4, -0.2) is 25.5 Å². The van der Waals surface area contributed by atoms with Crippen LogP contribution in [0.1, 0.15) is 56.2 Å². The van der Waals surface area contributed by atoms with E-state index in [1.54, 1.807) is 11.3 Å². The monoisotopic (exact) mass is 320 g/mol. The van der Waals surface area contributed by atoms with E-state index in [1.165, 1.54) is 37.0 Å². The third-order valence-corrected chi connectivity index (χ3v) is 6.45. The molecule has 122 valence electrons. The number of hydrogen-bond acceptors (Lipinski definition) is 3. The lowest BCUT2D eigenvalue weighted by atomic mass is 9.72. The van der Waals surface area contributed by atoms with Gasteiger partial charge in [-0.3, -0.25) is 4.79 Å². The SMILES string of the molecule is O=C(NCCC1CCCNC1)C1(c2cccs2)CCCCC1. The van der Waals surface area contributed by atoms with Gasteiger partial charge < -0.3 is 10.6 Å². The molecule has 1 saturated carbocycles. The highest BCUT2D eigenvalue weighted by atomic mass is 32.1. The van der Waals surface area contributed by atoms with E-state index in [2.05, 4.69) is 28.1 Å². The average molecular weight is 321 g/mol. The number of hydrogen-bond donors (Lipinski definition) is 2. The van der Waals surface area contributed by atoms with Crippen molar-refractivity contribution in [2.45, 2.75) is 56.8 Å². The summed E-state index contributed by atoms with van der Waals surface area (Å²) in [6.45, 7) is 3.11. The van der Waals surface area contributed by atoms with Gasteiger partial charge in [0.15, 0.2) is 0 Å². The van der Waals surface area contributed by atoms with Gasteiger partial charge in [0.2, 0.25) is 5.91 Å². The van der Waals surface area contributed by atoms with Crippen LogP contribution in [-0.2, 0) is 10.2 Å². The molecule has 0 aromatic carbocycles. The number of amides is 1. The van der Waals surface area contributed by atoms with Crippen LogP contribution in [0.5, 0.6) is 0 Å². The third kappa shape index (κ3) is 3.54. The summed E-state index contributed by atoms with van der Waals surface area (Å²) in [6, 6.07) is 4.23. The molecule has 0 bridgehead atoms. The smallest absolute Gasteiger partial charge is 0.231 e. The highest BCUT2D eigenvalue weighted by molar-refractivity contribution is 7.10. The maximum atomic E-state index is 12.9. The first kappa shape index (κ1) is 16.0. The highest BCUT2D eigenvalue weighted by Gasteiger charge is 2.41. The Kier molecular flexibility index (Phi) is 5.53. The minimum absolute atomic E-state index is 0.239. The number of nitrogens with one attached hydrogen (secondary N) is 2. The molecule has 1 aromatic rings. The summed E-state index contributed by atoms with van der Waals surface area (Å²) in [5.41, 5.74) is -0.239. The first-order chi connectivity index (χ1) is 10.8. The number of carbonyl (C=O) groups excluding carboxylic acids is 1. The molecular formula is C18H28N2OS. The van der Waals surface area contributed by atoms with E-state index in [0.29, 0.717) is 0 Å². The Morgan fingerprint density at radius 1 is 1.32 bits per heavy atom. The predicted molar refractivity (Wildman–Crippen MR) is 92.3 cm³/mol. The Bertz CT molecular complexity index is 459.